The fourth-order valence-electron chi connectivity index (χ4n) is 3.30. The molecule has 138 valence electrons. The van der Waals surface area contributed by atoms with Crippen LogP contribution in [0.1, 0.15) is 20.8 Å². The van der Waals surface area contributed by atoms with E-state index in [0.29, 0.717) is 5.90 Å². The molecule has 0 bridgehead atoms. The zero-order valence-electron chi connectivity index (χ0n) is 13.8. The summed E-state index contributed by atoms with van der Waals surface area (Å²) in [5, 5.41) is 40.4. The topological polar surface area (TPSA) is 130 Å². The Kier molecular flexibility index (Phi) is 5.12. The number of hydrogen-bond acceptors (Lipinski definition) is 9. The molecule has 4 unspecified atom stereocenters. The summed E-state index contributed by atoms with van der Waals surface area (Å²) in [4.78, 5) is 4.17. The Bertz CT molecular complexity index is 488. The summed E-state index contributed by atoms with van der Waals surface area (Å²) in [6, 6.07) is -0.681. The highest BCUT2D eigenvalue weighted by molar-refractivity contribution is 5.75. The van der Waals surface area contributed by atoms with Crippen LogP contribution in [-0.2, 0) is 18.9 Å². The van der Waals surface area contributed by atoms with Gasteiger partial charge in [0.2, 0.25) is 6.29 Å². The van der Waals surface area contributed by atoms with Gasteiger partial charge in [-0.05, 0) is 6.92 Å². The number of aliphatic imine (C=N–C) groups is 1. The molecule has 0 radical (unpaired) electrons. The number of rotatable bonds is 3. The second-order valence-corrected chi connectivity index (χ2v) is 6.62. The summed E-state index contributed by atoms with van der Waals surface area (Å²) in [6.07, 6.45) is -7.52. The molecule has 3 aliphatic rings. The monoisotopic (exact) mass is 347 g/mol. The van der Waals surface area contributed by atoms with Crippen LogP contribution in [0.4, 0.5) is 0 Å². The summed E-state index contributed by atoms with van der Waals surface area (Å²) in [5.41, 5.74) is 0. The van der Waals surface area contributed by atoms with Gasteiger partial charge in [0.05, 0.1) is 18.8 Å². The molecule has 0 aromatic rings. The standard InChI is InChI=1S/C15H25NO8/c1-5-6(2)21-15(12(20)10(5)18)24-13-8(4-17)23-14-9(11(13)19)16-7(3)22-14/h5-6,8-15,17-20H,4H2,1-3H3/t5-,6?,8?,9?,10-,11+,12?,13+,14-,15-/m0/s1. The molecule has 4 N–H and O–H groups in total. The first-order chi connectivity index (χ1) is 11.3. The van der Waals surface area contributed by atoms with Gasteiger partial charge in [0.15, 0.2) is 12.2 Å². The maximum absolute atomic E-state index is 10.6. The number of aliphatic hydroxyl groups is 4. The van der Waals surface area contributed by atoms with Gasteiger partial charge in [-0.15, -0.1) is 0 Å². The van der Waals surface area contributed by atoms with Crippen LogP contribution in [0, 0.1) is 5.92 Å². The van der Waals surface area contributed by atoms with E-state index in [1.54, 1.807) is 20.8 Å². The lowest BCUT2D eigenvalue weighted by Gasteiger charge is -2.45. The van der Waals surface area contributed by atoms with Crippen LogP contribution in [0.15, 0.2) is 4.99 Å². The van der Waals surface area contributed by atoms with Gasteiger partial charge in [-0.25, -0.2) is 4.99 Å². The van der Waals surface area contributed by atoms with E-state index in [4.69, 9.17) is 18.9 Å². The highest BCUT2D eigenvalue weighted by Gasteiger charge is 2.52. The predicted octanol–water partition coefficient (Wildman–Crippen LogP) is -1.63. The minimum Gasteiger partial charge on any atom is -0.450 e. The van der Waals surface area contributed by atoms with Crippen molar-refractivity contribution in [1.82, 2.24) is 0 Å². The summed E-state index contributed by atoms with van der Waals surface area (Å²) in [6.45, 7) is 4.76. The lowest BCUT2D eigenvalue weighted by molar-refractivity contribution is -0.330. The van der Waals surface area contributed by atoms with Gasteiger partial charge in [0.1, 0.15) is 30.5 Å². The minimum atomic E-state index is -1.27. The average Bonchev–Trinajstić information content (AvgIpc) is 2.93. The third kappa shape index (κ3) is 3.05. The van der Waals surface area contributed by atoms with Crippen LogP contribution >= 0.6 is 0 Å². The van der Waals surface area contributed by atoms with E-state index in [-0.39, 0.29) is 12.0 Å². The number of aliphatic hydroxyl groups excluding tert-OH is 4. The molecule has 9 nitrogen and oxygen atoms in total. The smallest absolute Gasteiger partial charge is 0.227 e. The lowest BCUT2D eigenvalue weighted by atomic mass is 9.91. The van der Waals surface area contributed by atoms with E-state index < -0.39 is 55.7 Å². The molecule has 2 saturated heterocycles. The van der Waals surface area contributed by atoms with E-state index in [1.807, 2.05) is 0 Å². The van der Waals surface area contributed by atoms with Gasteiger partial charge in [0, 0.05) is 12.8 Å². The number of fused-ring (bicyclic) bond motifs is 1. The van der Waals surface area contributed by atoms with Crippen molar-refractivity contribution in [1.29, 1.82) is 0 Å². The molecule has 24 heavy (non-hydrogen) atoms. The van der Waals surface area contributed by atoms with Crippen LogP contribution in [0.25, 0.3) is 0 Å². The second kappa shape index (κ2) is 6.83. The Labute approximate surface area is 139 Å². The number of ether oxygens (including phenoxy) is 4. The quantitative estimate of drug-likeness (QED) is 0.479. The molecular weight excluding hydrogens is 322 g/mol. The SMILES string of the molecule is CC1=NC2[C@@H](O1)OC(CO)[C@@H](O[C@@H]1OC(C)[C@H](C)[C@H](O)C1O)[C@@H]2O. The second-order valence-electron chi connectivity index (χ2n) is 6.62. The Morgan fingerprint density at radius 2 is 1.79 bits per heavy atom. The molecule has 3 heterocycles. The van der Waals surface area contributed by atoms with Crippen LogP contribution in [0.3, 0.4) is 0 Å². The normalized spacial score (nSPS) is 51.7. The van der Waals surface area contributed by atoms with E-state index in [9.17, 15) is 20.4 Å². The molecule has 3 rings (SSSR count). The first-order valence-electron chi connectivity index (χ1n) is 8.16. The van der Waals surface area contributed by atoms with Crippen LogP contribution in [0.5, 0.6) is 0 Å². The Hall–Kier alpha value is -0.810. The first kappa shape index (κ1) is 18.0. The highest BCUT2D eigenvalue weighted by Crippen LogP contribution is 2.33. The molecule has 0 aromatic carbocycles. The molecule has 3 aliphatic heterocycles. The maximum atomic E-state index is 10.6. The maximum Gasteiger partial charge on any atom is 0.227 e. The highest BCUT2D eigenvalue weighted by atomic mass is 16.7. The van der Waals surface area contributed by atoms with E-state index >= 15 is 0 Å². The molecule has 2 fully saturated rings. The molecule has 0 aliphatic carbocycles. The van der Waals surface area contributed by atoms with Crippen molar-refractivity contribution < 1.29 is 39.4 Å². The summed E-state index contributed by atoms with van der Waals surface area (Å²) >= 11 is 0. The van der Waals surface area contributed by atoms with Gasteiger partial charge in [-0.3, -0.25) is 0 Å². The number of hydrogen-bond donors (Lipinski definition) is 4. The van der Waals surface area contributed by atoms with E-state index in [0.717, 1.165) is 0 Å². The van der Waals surface area contributed by atoms with Crippen LogP contribution < -0.4 is 0 Å². The molecule has 10 atom stereocenters. The van der Waals surface area contributed by atoms with Gasteiger partial charge in [-0.2, -0.15) is 0 Å². The van der Waals surface area contributed by atoms with Crippen molar-refractivity contribution in [2.75, 3.05) is 6.61 Å². The van der Waals surface area contributed by atoms with Crippen molar-refractivity contribution >= 4 is 5.90 Å². The summed E-state index contributed by atoms with van der Waals surface area (Å²) < 4.78 is 22.3. The van der Waals surface area contributed by atoms with Gasteiger partial charge in [0.25, 0.3) is 0 Å². The Balaban J connectivity index is 1.74. The zero-order chi connectivity index (χ0) is 17.6. The predicted molar refractivity (Wildman–Crippen MR) is 80.1 cm³/mol. The molecular formula is C15H25NO8. The van der Waals surface area contributed by atoms with Crippen molar-refractivity contribution in [2.24, 2.45) is 10.9 Å². The largest absolute Gasteiger partial charge is 0.450 e. The fourth-order valence-corrected chi connectivity index (χ4v) is 3.30. The molecule has 0 saturated carbocycles. The van der Waals surface area contributed by atoms with E-state index in [1.165, 1.54) is 0 Å². The molecule has 0 amide bonds. The van der Waals surface area contributed by atoms with Crippen LogP contribution in [0.2, 0.25) is 0 Å². The summed E-state index contributed by atoms with van der Waals surface area (Å²) in [5.74, 6) is 0.120. The fraction of sp³-hybridized carbons (Fsp3) is 0.933. The van der Waals surface area contributed by atoms with Gasteiger partial charge >= 0.3 is 0 Å². The van der Waals surface area contributed by atoms with Crippen LogP contribution in [-0.4, -0.2) is 88.2 Å². The first-order valence-corrected chi connectivity index (χ1v) is 8.16. The third-order valence-electron chi connectivity index (χ3n) is 4.99. The van der Waals surface area contributed by atoms with Crippen molar-refractivity contribution in [2.45, 2.75) is 76.0 Å². The van der Waals surface area contributed by atoms with Gasteiger partial charge in [-0.1, -0.05) is 6.92 Å². The molecule has 0 spiro atoms. The zero-order valence-corrected chi connectivity index (χ0v) is 13.8. The Morgan fingerprint density at radius 3 is 2.46 bits per heavy atom. The van der Waals surface area contributed by atoms with Crippen molar-refractivity contribution in [3.63, 3.8) is 0 Å². The minimum absolute atomic E-state index is 0.263. The van der Waals surface area contributed by atoms with E-state index in [2.05, 4.69) is 4.99 Å². The lowest BCUT2D eigenvalue weighted by Crippen LogP contribution is -2.62. The Morgan fingerprint density at radius 1 is 1.08 bits per heavy atom. The van der Waals surface area contributed by atoms with Crippen molar-refractivity contribution in [3.05, 3.63) is 0 Å². The van der Waals surface area contributed by atoms with Crippen molar-refractivity contribution in [3.8, 4) is 0 Å². The average molecular weight is 347 g/mol. The molecule has 0 aromatic heterocycles. The third-order valence-corrected chi connectivity index (χ3v) is 4.99. The summed E-state index contributed by atoms with van der Waals surface area (Å²) in [7, 11) is 0. The molecule has 9 heteroatoms. The number of nitrogens with zero attached hydrogens (tertiary/aromatic N) is 1. The van der Waals surface area contributed by atoms with Gasteiger partial charge < -0.3 is 39.4 Å².